The van der Waals surface area contributed by atoms with Crippen LogP contribution in [0.15, 0.2) is 12.1 Å². The lowest BCUT2D eigenvalue weighted by atomic mass is 10.0. The first-order valence-corrected chi connectivity index (χ1v) is 10.2. The molecule has 2 saturated heterocycles. The smallest absolute Gasteiger partial charge is 0.124 e. The second-order valence-corrected chi connectivity index (χ2v) is 8.02. The van der Waals surface area contributed by atoms with Crippen LogP contribution >= 0.6 is 0 Å². The van der Waals surface area contributed by atoms with E-state index in [2.05, 4.69) is 28.9 Å². The molecular weight excluding hydrogens is 328 g/mol. The number of fused-ring (bicyclic) bond motifs is 2. The maximum absolute atomic E-state index is 9.55. The van der Waals surface area contributed by atoms with Crippen molar-refractivity contribution in [3.63, 3.8) is 0 Å². The van der Waals surface area contributed by atoms with Crippen molar-refractivity contribution < 1.29 is 14.6 Å². The van der Waals surface area contributed by atoms with Gasteiger partial charge in [-0.15, -0.1) is 0 Å². The highest BCUT2D eigenvalue weighted by molar-refractivity contribution is 5.48. The van der Waals surface area contributed by atoms with Gasteiger partial charge in [0.1, 0.15) is 17.6 Å². The molecule has 3 heterocycles. The summed E-state index contributed by atoms with van der Waals surface area (Å²) in [7, 11) is 0. The summed E-state index contributed by atoms with van der Waals surface area (Å²) in [6.45, 7) is 9.35. The Morgan fingerprint density at radius 2 is 2.19 bits per heavy atom. The molecule has 1 N–H and O–H groups in total. The lowest BCUT2D eigenvalue weighted by Gasteiger charge is -2.44. The molecule has 3 aliphatic heterocycles. The molecule has 1 aromatic carbocycles. The highest BCUT2D eigenvalue weighted by Crippen LogP contribution is 2.37. The molecule has 0 radical (unpaired) electrons. The van der Waals surface area contributed by atoms with Crippen LogP contribution in [0.5, 0.6) is 11.5 Å². The molecular formula is C21H32N2O3. The van der Waals surface area contributed by atoms with Crippen molar-refractivity contribution in [2.45, 2.75) is 64.3 Å². The molecule has 3 aliphatic rings. The Bertz CT molecular complexity index is 636. The molecule has 5 heteroatoms. The summed E-state index contributed by atoms with van der Waals surface area (Å²) in [6, 6.07) is 5.47. The quantitative estimate of drug-likeness (QED) is 0.844. The standard InChI is InChI=1S/C21H32N2O3/c1-3-25-20-10-16-9-15(2)26-21(16)11-17(20)12-23-14-18-5-4-7-22(18)13-19(23)6-8-24/h10-11,15,18-19,24H,3-9,12-14H2,1-2H3/t15-,18+,19-/m0/s1. The Morgan fingerprint density at radius 1 is 1.31 bits per heavy atom. The van der Waals surface area contributed by atoms with Gasteiger partial charge in [-0.3, -0.25) is 9.80 Å². The lowest BCUT2D eigenvalue weighted by molar-refractivity contribution is 0.0328. The number of nitrogens with zero attached hydrogens (tertiary/aromatic N) is 2. The van der Waals surface area contributed by atoms with Crippen LogP contribution < -0.4 is 9.47 Å². The van der Waals surface area contributed by atoms with Crippen molar-refractivity contribution in [1.29, 1.82) is 0 Å². The number of hydrogen-bond donors (Lipinski definition) is 1. The monoisotopic (exact) mass is 360 g/mol. The van der Waals surface area contributed by atoms with Gasteiger partial charge in [-0.05, 0) is 51.8 Å². The van der Waals surface area contributed by atoms with Gasteiger partial charge < -0.3 is 14.6 Å². The van der Waals surface area contributed by atoms with E-state index in [1.165, 1.54) is 30.5 Å². The SMILES string of the molecule is CCOc1cc2c(cc1CN1C[C@H]3CCCN3C[C@@H]1CCO)O[C@@H](C)C2. The Balaban J connectivity index is 1.57. The fourth-order valence-electron chi connectivity index (χ4n) is 4.88. The average Bonchev–Trinajstić information content (AvgIpc) is 3.20. The van der Waals surface area contributed by atoms with Crippen LogP contribution in [-0.4, -0.2) is 65.9 Å². The van der Waals surface area contributed by atoms with Crippen LogP contribution in [0.4, 0.5) is 0 Å². The molecule has 5 nitrogen and oxygen atoms in total. The van der Waals surface area contributed by atoms with Gasteiger partial charge in [0.15, 0.2) is 0 Å². The zero-order chi connectivity index (χ0) is 18.1. The second kappa shape index (κ2) is 7.75. The predicted molar refractivity (Wildman–Crippen MR) is 102 cm³/mol. The lowest BCUT2D eigenvalue weighted by Crippen LogP contribution is -2.55. The zero-order valence-corrected chi connectivity index (χ0v) is 16.1. The molecule has 0 spiro atoms. The Kier molecular flexibility index (Phi) is 5.39. The van der Waals surface area contributed by atoms with E-state index in [1.54, 1.807) is 0 Å². The molecule has 0 amide bonds. The van der Waals surface area contributed by atoms with Crippen LogP contribution in [0.1, 0.15) is 44.2 Å². The minimum Gasteiger partial charge on any atom is -0.494 e. The van der Waals surface area contributed by atoms with E-state index in [1.807, 2.05) is 6.92 Å². The van der Waals surface area contributed by atoms with Crippen LogP contribution in [-0.2, 0) is 13.0 Å². The number of piperazine rings is 1. The van der Waals surface area contributed by atoms with Crippen molar-refractivity contribution in [2.24, 2.45) is 0 Å². The Labute approximate surface area is 156 Å². The second-order valence-electron chi connectivity index (χ2n) is 8.02. The summed E-state index contributed by atoms with van der Waals surface area (Å²) in [4.78, 5) is 5.18. The van der Waals surface area contributed by atoms with E-state index < -0.39 is 0 Å². The summed E-state index contributed by atoms with van der Waals surface area (Å²) in [5.74, 6) is 2.02. The summed E-state index contributed by atoms with van der Waals surface area (Å²) < 4.78 is 12.0. The predicted octanol–water partition coefficient (Wildman–Crippen LogP) is 2.44. The number of ether oxygens (including phenoxy) is 2. The van der Waals surface area contributed by atoms with Gasteiger partial charge in [0.2, 0.25) is 0 Å². The van der Waals surface area contributed by atoms with Crippen molar-refractivity contribution in [3.8, 4) is 11.5 Å². The van der Waals surface area contributed by atoms with Crippen LogP contribution in [0.3, 0.4) is 0 Å². The largest absolute Gasteiger partial charge is 0.494 e. The van der Waals surface area contributed by atoms with Gasteiger partial charge in [0.05, 0.1) is 6.61 Å². The first kappa shape index (κ1) is 18.1. The summed E-state index contributed by atoms with van der Waals surface area (Å²) >= 11 is 0. The third-order valence-corrected chi connectivity index (χ3v) is 6.12. The molecule has 144 valence electrons. The molecule has 3 atom stereocenters. The van der Waals surface area contributed by atoms with Crippen molar-refractivity contribution in [1.82, 2.24) is 9.80 Å². The third kappa shape index (κ3) is 3.57. The number of aliphatic hydroxyl groups is 1. The van der Waals surface area contributed by atoms with Gasteiger partial charge in [0.25, 0.3) is 0 Å². The molecule has 0 unspecified atom stereocenters. The van der Waals surface area contributed by atoms with Gasteiger partial charge in [0, 0.05) is 55.9 Å². The maximum Gasteiger partial charge on any atom is 0.124 e. The Hall–Kier alpha value is -1.30. The fourth-order valence-corrected chi connectivity index (χ4v) is 4.88. The van der Waals surface area contributed by atoms with E-state index in [0.717, 1.165) is 44.0 Å². The summed E-state index contributed by atoms with van der Waals surface area (Å²) in [5.41, 5.74) is 2.48. The Morgan fingerprint density at radius 3 is 3.00 bits per heavy atom. The minimum absolute atomic E-state index is 0.249. The highest BCUT2D eigenvalue weighted by Gasteiger charge is 2.36. The normalized spacial score (nSPS) is 28.7. The molecule has 26 heavy (non-hydrogen) atoms. The summed E-state index contributed by atoms with van der Waals surface area (Å²) in [6.07, 6.45) is 4.65. The van der Waals surface area contributed by atoms with E-state index >= 15 is 0 Å². The van der Waals surface area contributed by atoms with E-state index in [-0.39, 0.29) is 12.7 Å². The van der Waals surface area contributed by atoms with Gasteiger partial charge in [-0.25, -0.2) is 0 Å². The molecule has 1 aromatic rings. The first-order chi connectivity index (χ1) is 12.7. The summed E-state index contributed by atoms with van der Waals surface area (Å²) in [5, 5.41) is 9.55. The number of aliphatic hydroxyl groups excluding tert-OH is 1. The molecule has 4 rings (SSSR count). The fraction of sp³-hybridized carbons (Fsp3) is 0.714. The molecule has 0 saturated carbocycles. The molecule has 2 fully saturated rings. The van der Waals surface area contributed by atoms with Crippen LogP contribution in [0.2, 0.25) is 0 Å². The molecule has 0 aliphatic carbocycles. The van der Waals surface area contributed by atoms with E-state index in [9.17, 15) is 5.11 Å². The highest BCUT2D eigenvalue weighted by atomic mass is 16.5. The van der Waals surface area contributed by atoms with Crippen LogP contribution in [0.25, 0.3) is 0 Å². The zero-order valence-electron chi connectivity index (χ0n) is 16.1. The van der Waals surface area contributed by atoms with Crippen molar-refractivity contribution in [2.75, 3.05) is 32.8 Å². The average molecular weight is 360 g/mol. The first-order valence-electron chi connectivity index (χ1n) is 10.2. The number of benzene rings is 1. The van der Waals surface area contributed by atoms with E-state index in [4.69, 9.17) is 9.47 Å². The van der Waals surface area contributed by atoms with Crippen molar-refractivity contribution >= 4 is 0 Å². The van der Waals surface area contributed by atoms with Gasteiger partial charge in [-0.1, -0.05) is 0 Å². The third-order valence-electron chi connectivity index (χ3n) is 6.12. The molecule has 0 bridgehead atoms. The van der Waals surface area contributed by atoms with Crippen LogP contribution in [0, 0.1) is 0 Å². The minimum atomic E-state index is 0.249. The number of rotatable bonds is 6. The van der Waals surface area contributed by atoms with E-state index in [0.29, 0.717) is 18.7 Å². The number of hydrogen-bond acceptors (Lipinski definition) is 5. The maximum atomic E-state index is 9.55. The van der Waals surface area contributed by atoms with Crippen molar-refractivity contribution in [3.05, 3.63) is 23.3 Å². The molecule has 0 aromatic heterocycles. The van der Waals surface area contributed by atoms with Gasteiger partial charge in [-0.2, -0.15) is 0 Å². The topological polar surface area (TPSA) is 45.2 Å². The van der Waals surface area contributed by atoms with Gasteiger partial charge >= 0.3 is 0 Å².